The maximum Gasteiger partial charge on any atom is 0.193 e. The number of hydrogen-bond donors (Lipinski definition) is 1. The first kappa shape index (κ1) is 23.1. The molecule has 2 aromatic carbocycles. The third-order valence-corrected chi connectivity index (χ3v) is 4.07. The second-order valence-electron chi connectivity index (χ2n) is 6.02. The molecule has 0 atom stereocenters. The third-order valence-electron chi connectivity index (χ3n) is 4.07. The van der Waals surface area contributed by atoms with Crippen molar-refractivity contribution in [2.45, 2.75) is 19.9 Å². The Morgan fingerprint density at radius 1 is 1.00 bits per heavy atom. The summed E-state index contributed by atoms with van der Waals surface area (Å²) in [5.74, 6) is 2.41. The molecule has 0 aromatic heterocycles. The lowest BCUT2D eigenvalue weighted by molar-refractivity contribution is 0.354. The molecule has 0 unspecified atom stereocenters. The average Bonchev–Trinajstić information content (AvgIpc) is 2.67. The van der Waals surface area contributed by atoms with Crippen LogP contribution in [0.5, 0.6) is 11.5 Å². The molecule has 0 fully saturated rings. The van der Waals surface area contributed by atoms with Crippen LogP contribution in [0.15, 0.2) is 53.5 Å². The maximum absolute atomic E-state index is 5.37. The fourth-order valence-electron chi connectivity index (χ4n) is 2.73. The van der Waals surface area contributed by atoms with Crippen molar-refractivity contribution in [3.05, 3.63) is 59.7 Å². The smallest absolute Gasteiger partial charge is 0.193 e. The molecule has 0 heterocycles. The second-order valence-corrected chi connectivity index (χ2v) is 6.02. The number of nitrogens with one attached hydrogen (secondary N) is 1. The van der Waals surface area contributed by atoms with Crippen molar-refractivity contribution in [2.24, 2.45) is 4.99 Å². The van der Waals surface area contributed by atoms with Crippen LogP contribution in [0.3, 0.4) is 0 Å². The van der Waals surface area contributed by atoms with Crippen molar-refractivity contribution in [1.82, 2.24) is 10.2 Å². The molecule has 0 aliphatic heterocycles. The van der Waals surface area contributed by atoms with Gasteiger partial charge in [0.15, 0.2) is 17.5 Å². The van der Waals surface area contributed by atoms with Crippen LogP contribution in [0.25, 0.3) is 0 Å². The Bertz CT molecular complexity index is 708. The SMILES string of the molecule is CCNC(=NCCc1ccc(OC)c(OC)c1)N(C)Cc1ccccc1.I. The number of halogens is 1. The van der Waals surface area contributed by atoms with E-state index in [2.05, 4.69) is 54.5 Å². The van der Waals surface area contributed by atoms with Crippen molar-refractivity contribution in [1.29, 1.82) is 0 Å². The van der Waals surface area contributed by atoms with Crippen LogP contribution in [0.4, 0.5) is 0 Å². The third kappa shape index (κ3) is 7.28. The molecular formula is C21H30IN3O2. The van der Waals surface area contributed by atoms with E-state index >= 15 is 0 Å². The van der Waals surface area contributed by atoms with Gasteiger partial charge in [0.1, 0.15) is 0 Å². The van der Waals surface area contributed by atoms with Crippen LogP contribution in [-0.4, -0.2) is 45.2 Å². The van der Waals surface area contributed by atoms with E-state index in [4.69, 9.17) is 14.5 Å². The highest BCUT2D eigenvalue weighted by Crippen LogP contribution is 2.27. The van der Waals surface area contributed by atoms with Gasteiger partial charge in [-0.15, -0.1) is 24.0 Å². The molecule has 0 amide bonds. The molecule has 1 N–H and O–H groups in total. The molecule has 0 spiro atoms. The van der Waals surface area contributed by atoms with E-state index in [1.807, 2.05) is 18.2 Å². The molecule has 0 bridgehead atoms. The summed E-state index contributed by atoms with van der Waals surface area (Å²) in [6.45, 7) is 4.45. The number of benzene rings is 2. The molecule has 6 heteroatoms. The number of aliphatic imine (C=N–C) groups is 1. The zero-order valence-corrected chi connectivity index (χ0v) is 18.9. The summed E-state index contributed by atoms with van der Waals surface area (Å²) in [7, 11) is 5.36. The second kappa shape index (κ2) is 12.4. The van der Waals surface area contributed by atoms with E-state index in [-0.39, 0.29) is 24.0 Å². The number of hydrogen-bond acceptors (Lipinski definition) is 3. The molecule has 148 valence electrons. The van der Waals surface area contributed by atoms with Crippen LogP contribution in [0.1, 0.15) is 18.1 Å². The molecule has 5 nitrogen and oxygen atoms in total. The van der Waals surface area contributed by atoms with Gasteiger partial charge in [0, 0.05) is 26.7 Å². The molecule has 0 radical (unpaired) electrons. The first-order valence-corrected chi connectivity index (χ1v) is 8.92. The zero-order chi connectivity index (χ0) is 18.8. The highest BCUT2D eigenvalue weighted by molar-refractivity contribution is 14.0. The van der Waals surface area contributed by atoms with Gasteiger partial charge in [-0.25, -0.2) is 0 Å². The lowest BCUT2D eigenvalue weighted by atomic mass is 10.1. The van der Waals surface area contributed by atoms with Crippen molar-refractivity contribution in [3.63, 3.8) is 0 Å². The first-order chi connectivity index (χ1) is 12.7. The molecule has 0 aliphatic rings. The minimum absolute atomic E-state index is 0. The topological polar surface area (TPSA) is 46.1 Å². The minimum Gasteiger partial charge on any atom is -0.493 e. The van der Waals surface area contributed by atoms with Gasteiger partial charge in [0.25, 0.3) is 0 Å². The lowest BCUT2D eigenvalue weighted by Gasteiger charge is -2.22. The maximum atomic E-state index is 5.37. The summed E-state index contributed by atoms with van der Waals surface area (Å²) < 4.78 is 10.7. The fraction of sp³-hybridized carbons (Fsp3) is 0.381. The highest BCUT2D eigenvalue weighted by Gasteiger charge is 2.07. The monoisotopic (exact) mass is 483 g/mol. The van der Waals surface area contributed by atoms with Crippen molar-refractivity contribution >= 4 is 29.9 Å². The quantitative estimate of drug-likeness (QED) is 0.351. The van der Waals surface area contributed by atoms with E-state index in [9.17, 15) is 0 Å². The summed E-state index contributed by atoms with van der Waals surface area (Å²) in [5, 5.41) is 3.36. The number of rotatable bonds is 8. The standard InChI is InChI=1S/C21H29N3O2.HI/c1-5-22-21(24(2)16-18-9-7-6-8-10-18)23-14-13-17-11-12-19(25-3)20(15-17)26-4;/h6-12,15H,5,13-14,16H2,1-4H3,(H,22,23);1H. The van der Waals surface area contributed by atoms with E-state index in [1.165, 1.54) is 11.1 Å². The van der Waals surface area contributed by atoms with E-state index in [1.54, 1.807) is 14.2 Å². The highest BCUT2D eigenvalue weighted by atomic mass is 127. The van der Waals surface area contributed by atoms with Gasteiger partial charge in [-0.05, 0) is 36.6 Å². The molecule has 27 heavy (non-hydrogen) atoms. The number of methoxy groups -OCH3 is 2. The van der Waals surface area contributed by atoms with Crippen molar-refractivity contribution in [2.75, 3.05) is 34.4 Å². The Morgan fingerprint density at radius 3 is 2.33 bits per heavy atom. The summed E-state index contributed by atoms with van der Waals surface area (Å²) in [4.78, 5) is 6.91. The van der Waals surface area contributed by atoms with Crippen LogP contribution >= 0.6 is 24.0 Å². The van der Waals surface area contributed by atoms with Crippen LogP contribution in [-0.2, 0) is 13.0 Å². The van der Waals surface area contributed by atoms with Gasteiger partial charge in [0.2, 0.25) is 0 Å². The van der Waals surface area contributed by atoms with Gasteiger partial charge < -0.3 is 19.7 Å². The zero-order valence-electron chi connectivity index (χ0n) is 16.6. The summed E-state index contributed by atoms with van der Waals surface area (Å²) in [6, 6.07) is 16.4. The largest absolute Gasteiger partial charge is 0.493 e. The lowest BCUT2D eigenvalue weighted by Crippen LogP contribution is -2.38. The molecule has 0 aliphatic carbocycles. The molecule has 2 rings (SSSR count). The van der Waals surface area contributed by atoms with E-state index < -0.39 is 0 Å². The van der Waals surface area contributed by atoms with E-state index in [0.29, 0.717) is 6.54 Å². The van der Waals surface area contributed by atoms with Crippen molar-refractivity contribution in [3.8, 4) is 11.5 Å². The molecule has 0 saturated carbocycles. The molecule has 0 saturated heterocycles. The number of ether oxygens (including phenoxy) is 2. The Kier molecular flexibility index (Phi) is 10.6. The predicted octanol–water partition coefficient (Wildman–Crippen LogP) is 3.96. The normalized spacial score (nSPS) is 10.7. The molecule has 2 aromatic rings. The summed E-state index contributed by atoms with van der Waals surface area (Å²) in [5.41, 5.74) is 2.44. The summed E-state index contributed by atoms with van der Waals surface area (Å²) >= 11 is 0. The van der Waals surface area contributed by atoms with Gasteiger partial charge in [0.05, 0.1) is 14.2 Å². The van der Waals surface area contributed by atoms with Gasteiger partial charge in [-0.1, -0.05) is 36.4 Å². The van der Waals surface area contributed by atoms with Gasteiger partial charge in [-0.3, -0.25) is 4.99 Å². The van der Waals surface area contributed by atoms with Crippen LogP contribution in [0.2, 0.25) is 0 Å². The van der Waals surface area contributed by atoms with Gasteiger partial charge >= 0.3 is 0 Å². The van der Waals surface area contributed by atoms with E-state index in [0.717, 1.165) is 37.0 Å². The average molecular weight is 483 g/mol. The van der Waals surface area contributed by atoms with Gasteiger partial charge in [-0.2, -0.15) is 0 Å². The minimum atomic E-state index is 0. The molecular weight excluding hydrogens is 453 g/mol. The number of nitrogens with zero attached hydrogens (tertiary/aromatic N) is 2. The predicted molar refractivity (Wildman–Crippen MR) is 123 cm³/mol. The Morgan fingerprint density at radius 2 is 1.70 bits per heavy atom. The number of guanidine groups is 1. The Hall–Kier alpha value is -1.96. The van der Waals surface area contributed by atoms with Crippen LogP contribution < -0.4 is 14.8 Å². The first-order valence-electron chi connectivity index (χ1n) is 8.92. The fourth-order valence-corrected chi connectivity index (χ4v) is 2.73. The Balaban J connectivity index is 0.00000364. The van der Waals surface area contributed by atoms with Crippen molar-refractivity contribution < 1.29 is 9.47 Å². The summed E-state index contributed by atoms with van der Waals surface area (Å²) in [6.07, 6.45) is 0.842. The van der Waals surface area contributed by atoms with Crippen LogP contribution in [0, 0.1) is 0 Å². The Labute approximate surface area is 179 Å².